The van der Waals surface area contributed by atoms with Crippen LogP contribution in [-0.2, 0) is 19.6 Å². The van der Waals surface area contributed by atoms with Crippen molar-refractivity contribution in [2.45, 2.75) is 54.3 Å². The molecule has 25 heavy (non-hydrogen) atoms. The van der Waals surface area contributed by atoms with Crippen LogP contribution in [0.25, 0.3) is 0 Å². The molecular formula is C18H23N5O2. The Balaban J connectivity index is 1.87. The Morgan fingerprint density at radius 1 is 0.840 bits per heavy atom. The van der Waals surface area contributed by atoms with E-state index < -0.39 is 0 Å². The molecule has 0 aliphatic rings. The van der Waals surface area contributed by atoms with E-state index in [1.807, 2.05) is 40.7 Å². The maximum atomic E-state index is 5.32. The van der Waals surface area contributed by atoms with E-state index in [0.29, 0.717) is 19.6 Å². The predicted octanol–water partition coefficient (Wildman–Crippen LogP) is 3.20. The van der Waals surface area contributed by atoms with Gasteiger partial charge in [-0.05, 0) is 40.7 Å². The van der Waals surface area contributed by atoms with Crippen molar-refractivity contribution in [3.63, 3.8) is 0 Å². The van der Waals surface area contributed by atoms with Gasteiger partial charge >= 0.3 is 0 Å². The molecule has 0 saturated heterocycles. The summed E-state index contributed by atoms with van der Waals surface area (Å²) in [4.78, 5) is 11.0. The third-order valence-corrected chi connectivity index (χ3v) is 4.35. The van der Waals surface area contributed by atoms with E-state index in [1.54, 1.807) is 6.20 Å². The van der Waals surface area contributed by atoms with Crippen molar-refractivity contribution < 1.29 is 9.05 Å². The van der Waals surface area contributed by atoms with Crippen molar-refractivity contribution in [3.05, 3.63) is 57.8 Å². The van der Waals surface area contributed by atoms with Crippen molar-refractivity contribution in [3.8, 4) is 0 Å². The minimum absolute atomic E-state index is 0.692. The van der Waals surface area contributed by atoms with Gasteiger partial charge in [-0.2, -0.15) is 0 Å². The minimum Gasteiger partial charge on any atom is -0.361 e. The van der Waals surface area contributed by atoms with Crippen molar-refractivity contribution in [1.82, 2.24) is 25.2 Å². The molecule has 132 valence electrons. The van der Waals surface area contributed by atoms with Crippen LogP contribution in [0.3, 0.4) is 0 Å². The molecule has 7 nitrogen and oxygen atoms in total. The van der Waals surface area contributed by atoms with Crippen LogP contribution in [0.1, 0.15) is 45.6 Å². The number of rotatable bonds is 6. The summed E-state index contributed by atoms with van der Waals surface area (Å²) >= 11 is 0. The summed E-state index contributed by atoms with van der Waals surface area (Å²) in [6.45, 7) is 11.8. The summed E-state index contributed by atoms with van der Waals surface area (Å²) in [5, 5.41) is 8.13. The molecule has 0 radical (unpaired) electrons. The van der Waals surface area contributed by atoms with Gasteiger partial charge in [0.15, 0.2) is 0 Å². The van der Waals surface area contributed by atoms with E-state index >= 15 is 0 Å². The smallest absolute Gasteiger partial charge is 0.138 e. The first-order valence-electron chi connectivity index (χ1n) is 8.28. The normalized spacial score (nSPS) is 11.4. The van der Waals surface area contributed by atoms with Crippen molar-refractivity contribution >= 4 is 0 Å². The molecule has 0 bridgehead atoms. The van der Waals surface area contributed by atoms with E-state index in [4.69, 9.17) is 9.05 Å². The Bertz CT molecular complexity index is 781. The molecule has 0 aliphatic heterocycles. The number of nitrogens with zero attached hydrogens (tertiary/aromatic N) is 5. The highest BCUT2D eigenvalue weighted by atomic mass is 16.5. The second-order valence-electron chi connectivity index (χ2n) is 6.35. The summed E-state index contributed by atoms with van der Waals surface area (Å²) in [5.41, 5.74) is 5.03. The van der Waals surface area contributed by atoms with Gasteiger partial charge in [-0.15, -0.1) is 0 Å². The fourth-order valence-corrected chi connectivity index (χ4v) is 2.89. The van der Waals surface area contributed by atoms with E-state index in [0.717, 1.165) is 45.6 Å². The largest absolute Gasteiger partial charge is 0.361 e. The Hall–Kier alpha value is -2.54. The van der Waals surface area contributed by atoms with Crippen LogP contribution in [0.15, 0.2) is 21.3 Å². The fourth-order valence-electron chi connectivity index (χ4n) is 2.89. The third kappa shape index (κ3) is 3.93. The van der Waals surface area contributed by atoms with Crippen LogP contribution in [0.4, 0.5) is 0 Å². The maximum Gasteiger partial charge on any atom is 0.138 e. The molecule has 0 amide bonds. The van der Waals surface area contributed by atoms with E-state index in [1.165, 1.54) is 0 Å². The first-order valence-corrected chi connectivity index (χ1v) is 8.28. The predicted molar refractivity (Wildman–Crippen MR) is 91.7 cm³/mol. The van der Waals surface area contributed by atoms with Crippen LogP contribution in [0.5, 0.6) is 0 Å². The second-order valence-corrected chi connectivity index (χ2v) is 6.35. The zero-order valence-electron chi connectivity index (χ0n) is 15.3. The molecule has 3 aromatic heterocycles. The van der Waals surface area contributed by atoms with Crippen LogP contribution in [0.2, 0.25) is 0 Å². The first-order chi connectivity index (χ1) is 11.9. The highest BCUT2D eigenvalue weighted by molar-refractivity contribution is 5.23. The summed E-state index contributed by atoms with van der Waals surface area (Å²) < 4.78 is 10.6. The molecule has 0 saturated carbocycles. The quantitative estimate of drug-likeness (QED) is 0.681. The van der Waals surface area contributed by atoms with Gasteiger partial charge in [0.25, 0.3) is 0 Å². The maximum absolute atomic E-state index is 5.32. The van der Waals surface area contributed by atoms with Crippen LogP contribution < -0.4 is 0 Å². The number of aromatic nitrogens is 4. The van der Waals surface area contributed by atoms with Gasteiger partial charge < -0.3 is 9.05 Å². The lowest BCUT2D eigenvalue weighted by Crippen LogP contribution is -2.24. The molecule has 7 heteroatoms. The lowest BCUT2D eigenvalue weighted by molar-refractivity contribution is 0.240. The van der Waals surface area contributed by atoms with E-state index in [-0.39, 0.29) is 0 Å². The average Bonchev–Trinajstić information content (AvgIpc) is 3.05. The molecule has 0 fully saturated rings. The summed E-state index contributed by atoms with van der Waals surface area (Å²) in [6.07, 6.45) is 1.79. The molecule has 3 rings (SSSR count). The van der Waals surface area contributed by atoms with E-state index in [2.05, 4.69) is 25.2 Å². The second kappa shape index (κ2) is 7.14. The molecule has 0 atom stereocenters. The topological polar surface area (TPSA) is 81.1 Å². The van der Waals surface area contributed by atoms with Gasteiger partial charge in [0.1, 0.15) is 17.3 Å². The standard InChI is InChI=1S/C18H23N5O2/c1-11-17(13(3)24-21-11)9-23(8-16-6-7-19-15(5)20-16)10-18-12(2)22-25-14(18)4/h6-7H,8-10H2,1-5H3. The van der Waals surface area contributed by atoms with Gasteiger partial charge in [0.05, 0.1) is 17.1 Å². The Morgan fingerprint density at radius 3 is 1.84 bits per heavy atom. The lowest BCUT2D eigenvalue weighted by Gasteiger charge is -2.22. The number of aryl methyl sites for hydroxylation is 5. The zero-order chi connectivity index (χ0) is 18.0. The SMILES string of the molecule is Cc1nccc(CN(Cc2c(C)noc2C)Cc2c(C)noc2C)n1. The summed E-state index contributed by atoms with van der Waals surface area (Å²) in [7, 11) is 0. The molecular weight excluding hydrogens is 318 g/mol. The Labute approximate surface area is 147 Å². The van der Waals surface area contributed by atoms with E-state index in [9.17, 15) is 0 Å². The third-order valence-electron chi connectivity index (χ3n) is 4.35. The molecule has 0 N–H and O–H groups in total. The van der Waals surface area contributed by atoms with Gasteiger partial charge in [-0.1, -0.05) is 10.3 Å². The fraction of sp³-hybridized carbons (Fsp3) is 0.444. The molecule has 0 unspecified atom stereocenters. The Morgan fingerprint density at radius 2 is 1.40 bits per heavy atom. The summed E-state index contributed by atoms with van der Waals surface area (Å²) in [5.74, 6) is 2.47. The van der Waals surface area contributed by atoms with Gasteiger partial charge in [-0.25, -0.2) is 9.97 Å². The van der Waals surface area contributed by atoms with Crippen molar-refractivity contribution in [2.24, 2.45) is 0 Å². The van der Waals surface area contributed by atoms with Crippen molar-refractivity contribution in [2.75, 3.05) is 0 Å². The molecule has 0 aromatic carbocycles. The highest BCUT2D eigenvalue weighted by Crippen LogP contribution is 2.21. The number of hydrogen-bond acceptors (Lipinski definition) is 7. The highest BCUT2D eigenvalue weighted by Gasteiger charge is 2.19. The molecule has 3 heterocycles. The minimum atomic E-state index is 0.692. The van der Waals surface area contributed by atoms with Crippen LogP contribution in [0, 0.1) is 34.6 Å². The van der Waals surface area contributed by atoms with Gasteiger partial charge in [0, 0.05) is 37.0 Å². The first kappa shape index (κ1) is 17.3. The molecule has 0 spiro atoms. The zero-order valence-corrected chi connectivity index (χ0v) is 15.3. The van der Waals surface area contributed by atoms with Crippen LogP contribution >= 0.6 is 0 Å². The molecule has 3 aromatic rings. The van der Waals surface area contributed by atoms with Gasteiger partial charge in [-0.3, -0.25) is 4.90 Å². The lowest BCUT2D eigenvalue weighted by atomic mass is 10.1. The summed E-state index contributed by atoms with van der Waals surface area (Å²) in [6, 6.07) is 1.95. The monoisotopic (exact) mass is 341 g/mol. The average molecular weight is 341 g/mol. The van der Waals surface area contributed by atoms with Gasteiger partial charge in [0.2, 0.25) is 0 Å². The van der Waals surface area contributed by atoms with Crippen LogP contribution in [-0.4, -0.2) is 25.2 Å². The Kier molecular flexibility index (Phi) is 4.94. The van der Waals surface area contributed by atoms with Crippen molar-refractivity contribution in [1.29, 1.82) is 0 Å². The molecule has 0 aliphatic carbocycles. The number of hydrogen-bond donors (Lipinski definition) is 0.